The van der Waals surface area contributed by atoms with Gasteiger partial charge in [-0.25, -0.2) is 9.97 Å². The van der Waals surface area contributed by atoms with Gasteiger partial charge in [0.05, 0.1) is 5.88 Å². The summed E-state index contributed by atoms with van der Waals surface area (Å²) in [6, 6.07) is 8.49. The second-order valence-electron chi connectivity index (χ2n) is 4.48. The Morgan fingerprint density at radius 3 is 2.47 bits per heavy atom. The van der Waals surface area contributed by atoms with Crippen molar-refractivity contribution in [2.24, 2.45) is 0 Å². The number of hydrogen-bond donors (Lipinski definition) is 0. The molecule has 0 bridgehead atoms. The van der Waals surface area contributed by atoms with E-state index in [1.165, 1.54) is 5.56 Å². The average Bonchev–Trinajstić information content (AvgIpc) is 2.46. The standard InChI is InChI=1S/C15H18ClN3/c1-4-12-5-7-14(8-6-12)19(3)15-13(9-16)10-17-11(2)18-15/h5-8,10H,4,9H2,1-3H3. The van der Waals surface area contributed by atoms with E-state index in [4.69, 9.17) is 11.6 Å². The second kappa shape index (κ2) is 6.02. The van der Waals surface area contributed by atoms with Crippen molar-refractivity contribution in [3.8, 4) is 0 Å². The molecule has 0 saturated heterocycles. The minimum Gasteiger partial charge on any atom is -0.329 e. The molecule has 1 aromatic carbocycles. The predicted octanol–water partition coefficient (Wildman–Crippen LogP) is 3.85. The predicted molar refractivity (Wildman–Crippen MR) is 80.2 cm³/mol. The highest BCUT2D eigenvalue weighted by atomic mass is 35.5. The topological polar surface area (TPSA) is 29.0 Å². The van der Waals surface area contributed by atoms with E-state index >= 15 is 0 Å². The van der Waals surface area contributed by atoms with E-state index in [1.807, 2.05) is 18.9 Å². The van der Waals surface area contributed by atoms with Crippen LogP contribution in [0, 0.1) is 6.92 Å². The van der Waals surface area contributed by atoms with Crippen molar-refractivity contribution < 1.29 is 0 Å². The lowest BCUT2D eigenvalue weighted by Gasteiger charge is -2.21. The Hall–Kier alpha value is -1.61. The highest BCUT2D eigenvalue weighted by Crippen LogP contribution is 2.26. The molecule has 0 aliphatic heterocycles. The summed E-state index contributed by atoms with van der Waals surface area (Å²) in [6.45, 7) is 4.04. The minimum absolute atomic E-state index is 0.410. The summed E-state index contributed by atoms with van der Waals surface area (Å²) >= 11 is 5.96. The maximum Gasteiger partial charge on any atom is 0.140 e. The van der Waals surface area contributed by atoms with Gasteiger partial charge in [0.1, 0.15) is 11.6 Å². The summed E-state index contributed by atoms with van der Waals surface area (Å²) in [5.74, 6) is 2.03. The van der Waals surface area contributed by atoms with Crippen molar-refractivity contribution >= 4 is 23.1 Å². The first-order valence-electron chi connectivity index (χ1n) is 6.36. The Labute approximate surface area is 119 Å². The van der Waals surface area contributed by atoms with Gasteiger partial charge in [0.15, 0.2) is 0 Å². The number of nitrogens with zero attached hydrogens (tertiary/aromatic N) is 3. The monoisotopic (exact) mass is 275 g/mol. The summed E-state index contributed by atoms with van der Waals surface area (Å²) in [7, 11) is 2.00. The highest BCUT2D eigenvalue weighted by molar-refractivity contribution is 6.17. The van der Waals surface area contributed by atoms with Gasteiger partial charge < -0.3 is 4.90 Å². The third-order valence-electron chi connectivity index (χ3n) is 3.16. The third kappa shape index (κ3) is 3.04. The molecular weight excluding hydrogens is 258 g/mol. The van der Waals surface area contributed by atoms with Gasteiger partial charge in [-0.15, -0.1) is 11.6 Å². The van der Waals surface area contributed by atoms with Crippen LogP contribution in [-0.4, -0.2) is 17.0 Å². The number of aryl methyl sites for hydroxylation is 2. The van der Waals surface area contributed by atoms with Crippen LogP contribution in [0.3, 0.4) is 0 Å². The molecule has 100 valence electrons. The van der Waals surface area contributed by atoms with Gasteiger partial charge in [0.25, 0.3) is 0 Å². The van der Waals surface area contributed by atoms with Gasteiger partial charge in [0, 0.05) is 24.5 Å². The number of halogens is 1. The Bertz CT molecular complexity index is 552. The molecule has 0 aliphatic carbocycles. The summed E-state index contributed by atoms with van der Waals surface area (Å²) in [5, 5.41) is 0. The molecule has 1 aromatic heterocycles. The summed E-state index contributed by atoms with van der Waals surface area (Å²) in [5.41, 5.74) is 3.37. The van der Waals surface area contributed by atoms with Crippen LogP contribution in [-0.2, 0) is 12.3 Å². The lowest BCUT2D eigenvalue weighted by molar-refractivity contribution is 0.985. The SMILES string of the molecule is CCc1ccc(N(C)c2nc(C)ncc2CCl)cc1. The van der Waals surface area contributed by atoms with E-state index in [9.17, 15) is 0 Å². The van der Waals surface area contributed by atoms with E-state index in [0.29, 0.717) is 5.88 Å². The molecule has 0 N–H and O–H groups in total. The number of aromatic nitrogens is 2. The molecular formula is C15H18ClN3. The molecule has 0 saturated carbocycles. The largest absolute Gasteiger partial charge is 0.329 e. The van der Waals surface area contributed by atoms with Crippen molar-refractivity contribution in [1.82, 2.24) is 9.97 Å². The smallest absolute Gasteiger partial charge is 0.140 e. The number of rotatable bonds is 4. The van der Waals surface area contributed by atoms with Crippen LogP contribution in [0.25, 0.3) is 0 Å². The lowest BCUT2D eigenvalue weighted by atomic mass is 10.1. The van der Waals surface area contributed by atoms with Gasteiger partial charge >= 0.3 is 0 Å². The van der Waals surface area contributed by atoms with E-state index in [2.05, 4.69) is 41.2 Å². The Morgan fingerprint density at radius 1 is 1.21 bits per heavy atom. The molecule has 0 aliphatic rings. The molecule has 0 amide bonds. The van der Waals surface area contributed by atoms with Crippen molar-refractivity contribution in [3.63, 3.8) is 0 Å². The van der Waals surface area contributed by atoms with Crippen LogP contribution >= 0.6 is 11.6 Å². The van der Waals surface area contributed by atoms with Gasteiger partial charge in [0.2, 0.25) is 0 Å². The van der Waals surface area contributed by atoms with E-state index < -0.39 is 0 Å². The average molecular weight is 276 g/mol. The van der Waals surface area contributed by atoms with Crippen molar-refractivity contribution in [2.45, 2.75) is 26.1 Å². The summed E-state index contributed by atoms with van der Waals surface area (Å²) in [6.07, 6.45) is 2.84. The first-order chi connectivity index (χ1) is 9.15. The van der Waals surface area contributed by atoms with Crippen molar-refractivity contribution in [3.05, 3.63) is 47.4 Å². The molecule has 3 nitrogen and oxygen atoms in total. The van der Waals surface area contributed by atoms with E-state index in [0.717, 1.165) is 29.3 Å². The second-order valence-corrected chi connectivity index (χ2v) is 4.75. The zero-order valence-corrected chi connectivity index (χ0v) is 12.3. The Kier molecular flexibility index (Phi) is 4.38. The molecule has 0 fully saturated rings. The normalized spacial score (nSPS) is 10.5. The molecule has 0 radical (unpaired) electrons. The zero-order chi connectivity index (χ0) is 13.8. The number of benzene rings is 1. The Morgan fingerprint density at radius 2 is 1.89 bits per heavy atom. The van der Waals surface area contributed by atoms with Crippen LogP contribution < -0.4 is 4.90 Å². The molecule has 4 heteroatoms. The maximum atomic E-state index is 5.96. The first-order valence-corrected chi connectivity index (χ1v) is 6.90. The van der Waals surface area contributed by atoms with Crippen molar-refractivity contribution in [1.29, 1.82) is 0 Å². The van der Waals surface area contributed by atoms with Crippen LogP contribution in [0.15, 0.2) is 30.5 Å². The molecule has 0 spiro atoms. The lowest BCUT2D eigenvalue weighted by Crippen LogP contribution is -2.14. The summed E-state index contributed by atoms with van der Waals surface area (Å²) < 4.78 is 0. The van der Waals surface area contributed by atoms with E-state index in [-0.39, 0.29) is 0 Å². The number of alkyl halides is 1. The van der Waals surface area contributed by atoms with Gasteiger partial charge in [-0.3, -0.25) is 0 Å². The van der Waals surface area contributed by atoms with Gasteiger partial charge in [-0.1, -0.05) is 19.1 Å². The fourth-order valence-corrected chi connectivity index (χ4v) is 2.13. The molecule has 1 heterocycles. The molecule has 2 rings (SSSR count). The van der Waals surface area contributed by atoms with E-state index in [1.54, 1.807) is 6.20 Å². The number of anilines is 2. The molecule has 0 unspecified atom stereocenters. The van der Waals surface area contributed by atoms with Crippen LogP contribution in [0.1, 0.15) is 23.9 Å². The molecule has 0 atom stereocenters. The van der Waals surface area contributed by atoms with Crippen LogP contribution in [0.4, 0.5) is 11.5 Å². The van der Waals surface area contributed by atoms with Gasteiger partial charge in [-0.2, -0.15) is 0 Å². The molecule has 19 heavy (non-hydrogen) atoms. The summed E-state index contributed by atoms with van der Waals surface area (Å²) in [4.78, 5) is 10.7. The molecule has 2 aromatic rings. The fourth-order valence-electron chi connectivity index (χ4n) is 1.95. The first kappa shape index (κ1) is 13.8. The minimum atomic E-state index is 0.410. The Balaban J connectivity index is 2.36. The maximum absolute atomic E-state index is 5.96. The number of hydrogen-bond acceptors (Lipinski definition) is 3. The van der Waals surface area contributed by atoms with Crippen LogP contribution in [0.5, 0.6) is 0 Å². The zero-order valence-electron chi connectivity index (χ0n) is 11.5. The van der Waals surface area contributed by atoms with Crippen LogP contribution in [0.2, 0.25) is 0 Å². The van der Waals surface area contributed by atoms with Crippen molar-refractivity contribution in [2.75, 3.05) is 11.9 Å². The third-order valence-corrected chi connectivity index (χ3v) is 3.44. The highest BCUT2D eigenvalue weighted by Gasteiger charge is 2.11. The van der Waals surface area contributed by atoms with Gasteiger partial charge in [-0.05, 0) is 31.0 Å². The quantitative estimate of drug-likeness (QED) is 0.794. The fraction of sp³-hybridized carbons (Fsp3) is 0.333.